The largest absolute Gasteiger partial charge is 0.378 e. The van der Waals surface area contributed by atoms with E-state index in [0.717, 1.165) is 19.2 Å². The van der Waals surface area contributed by atoms with Crippen molar-refractivity contribution < 1.29 is 4.74 Å². The van der Waals surface area contributed by atoms with Gasteiger partial charge in [-0.05, 0) is 44.6 Å². The second-order valence-corrected chi connectivity index (χ2v) is 7.08. The lowest BCUT2D eigenvalue weighted by Gasteiger charge is -2.61. The first-order valence-corrected chi connectivity index (χ1v) is 7.33. The smallest absolute Gasteiger partial charge is 0.0661 e. The van der Waals surface area contributed by atoms with Gasteiger partial charge in [0.05, 0.1) is 6.10 Å². The van der Waals surface area contributed by atoms with Gasteiger partial charge in [0.1, 0.15) is 0 Å². The van der Waals surface area contributed by atoms with Crippen LogP contribution in [0.4, 0.5) is 0 Å². The van der Waals surface area contributed by atoms with Crippen LogP contribution in [0.3, 0.4) is 0 Å². The number of hydrogen-bond acceptors (Lipinski definition) is 2. The molecular formula is C15H29NO. The van der Waals surface area contributed by atoms with Crippen LogP contribution >= 0.6 is 0 Å². The summed E-state index contributed by atoms with van der Waals surface area (Å²) in [7, 11) is 0. The summed E-state index contributed by atoms with van der Waals surface area (Å²) in [5.41, 5.74) is 0.969. The summed E-state index contributed by atoms with van der Waals surface area (Å²) < 4.78 is 5.87. The highest BCUT2D eigenvalue weighted by Crippen LogP contribution is 2.57. The average molecular weight is 239 g/mol. The van der Waals surface area contributed by atoms with Crippen LogP contribution < -0.4 is 5.32 Å². The summed E-state index contributed by atoms with van der Waals surface area (Å²) in [6, 6.07) is 0.732. The molecule has 2 heteroatoms. The Labute approximate surface area is 107 Å². The summed E-state index contributed by atoms with van der Waals surface area (Å²) in [6.45, 7) is 11.1. The van der Waals surface area contributed by atoms with Crippen LogP contribution in [-0.2, 0) is 4.74 Å². The topological polar surface area (TPSA) is 21.3 Å². The van der Waals surface area contributed by atoms with Crippen LogP contribution in [0.2, 0.25) is 0 Å². The Balaban J connectivity index is 1.76. The van der Waals surface area contributed by atoms with Gasteiger partial charge in [-0.2, -0.15) is 0 Å². The summed E-state index contributed by atoms with van der Waals surface area (Å²) >= 11 is 0. The number of rotatable bonds is 5. The van der Waals surface area contributed by atoms with Gasteiger partial charge in [-0.15, -0.1) is 0 Å². The van der Waals surface area contributed by atoms with Gasteiger partial charge in [-0.25, -0.2) is 0 Å². The molecule has 2 fully saturated rings. The Morgan fingerprint density at radius 1 is 1.29 bits per heavy atom. The van der Waals surface area contributed by atoms with Crippen molar-refractivity contribution in [1.82, 2.24) is 5.32 Å². The minimum Gasteiger partial charge on any atom is -0.378 e. The van der Waals surface area contributed by atoms with Crippen molar-refractivity contribution >= 4 is 0 Å². The third-order valence-corrected chi connectivity index (χ3v) is 4.70. The van der Waals surface area contributed by atoms with E-state index < -0.39 is 0 Å². The first-order valence-electron chi connectivity index (χ1n) is 7.33. The first-order chi connectivity index (χ1) is 7.98. The monoisotopic (exact) mass is 239 g/mol. The molecule has 0 aromatic carbocycles. The molecule has 0 amide bonds. The second kappa shape index (κ2) is 4.89. The Hall–Kier alpha value is -0.0800. The molecule has 0 radical (unpaired) electrons. The maximum atomic E-state index is 5.87. The van der Waals surface area contributed by atoms with Crippen LogP contribution in [0, 0.1) is 10.8 Å². The van der Waals surface area contributed by atoms with E-state index >= 15 is 0 Å². The predicted octanol–water partition coefficient (Wildman–Crippen LogP) is 3.36. The third kappa shape index (κ3) is 2.68. The fraction of sp³-hybridized carbons (Fsp3) is 1.00. The summed E-state index contributed by atoms with van der Waals surface area (Å²) in [5, 5.41) is 3.78. The van der Waals surface area contributed by atoms with Crippen LogP contribution in [-0.4, -0.2) is 25.3 Å². The van der Waals surface area contributed by atoms with Gasteiger partial charge < -0.3 is 10.1 Å². The quantitative estimate of drug-likeness (QED) is 0.794. The molecule has 100 valence electrons. The lowest BCUT2D eigenvalue weighted by atomic mass is 9.51. The molecule has 2 atom stereocenters. The van der Waals surface area contributed by atoms with E-state index in [2.05, 4.69) is 33.0 Å². The lowest BCUT2D eigenvalue weighted by molar-refractivity contribution is -0.172. The van der Waals surface area contributed by atoms with Gasteiger partial charge in [-0.3, -0.25) is 0 Å². The van der Waals surface area contributed by atoms with Gasteiger partial charge in [0.2, 0.25) is 0 Å². The highest BCUT2D eigenvalue weighted by atomic mass is 16.5. The third-order valence-electron chi connectivity index (χ3n) is 4.70. The van der Waals surface area contributed by atoms with Gasteiger partial charge in [-0.1, -0.05) is 27.2 Å². The predicted molar refractivity (Wildman–Crippen MR) is 72.2 cm³/mol. The van der Waals surface area contributed by atoms with Crippen molar-refractivity contribution in [2.75, 3.05) is 13.2 Å². The average Bonchev–Trinajstić information content (AvgIpc) is 2.10. The number of ether oxygens (including phenoxy) is 1. The van der Waals surface area contributed by atoms with Gasteiger partial charge >= 0.3 is 0 Å². The van der Waals surface area contributed by atoms with E-state index in [4.69, 9.17) is 4.74 Å². The molecule has 2 rings (SSSR count). The Kier molecular flexibility index (Phi) is 3.84. The molecule has 1 N–H and O–H groups in total. The molecule has 2 aliphatic carbocycles. The molecule has 0 saturated heterocycles. The number of hydrogen-bond donors (Lipinski definition) is 1. The molecule has 17 heavy (non-hydrogen) atoms. The molecule has 2 nitrogen and oxygen atoms in total. The molecule has 0 bridgehead atoms. The molecule has 0 aliphatic heterocycles. The Bertz CT molecular complexity index is 252. The summed E-state index contributed by atoms with van der Waals surface area (Å²) in [6.07, 6.45) is 7.21. The molecule has 2 aliphatic rings. The second-order valence-electron chi connectivity index (χ2n) is 7.08. The summed E-state index contributed by atoms with van der Waals surface area (Å²) in [5.74, 6) is 0. The van der Waals surface area contributed by atoms with Crippen LogP contribution in [0.15, 0.2) is 0 Å². The zero-order valence-electron chi connectivity index (χ0n) is 12.0. The molecule has 1 spiro atoms. The van der Waals surface area contributed by atoms with E-state index in [1.807, 2.05) is 0 Å². The molecule has 0 aromatic rings. The summed E-state index contributed by atoms with van der Waals surface area (Å²) in [4.78, 5) is 0. The highest BCUT2D eigenvalue weighted by molar-refractivity contribution is 5.12. The zero-order valence-corrected chi connectivity index (χ0v) is 12.0. The normalized spacial score (nSPS) is 31.1. The van der Waals surface area contributed by atoms with Crippen LogP contribution in [0.25, 0.3) is 0 Å². The van der Waals surface area contributed by atoms with E-state index in [1.54, 1.807) is 0 Å². The van der Waals surface area contributed by atoms with Crippen molar-refractivity contribution in [2.24, 2.45) is 10.8 Å². The molecule has 2 saturated carbocycles. The Morgan fingerprint density at radius 2 is 2.00 bits per heavy atom. The highest BCUT2D eigenvalue weighted by Gasteiger charge is 2.58. The van der Waals surface area contributed by atoms with Crippen molar-refractivity contribution in [2.45, 2.75) is 71.9 Å². The van der Waals surface area contributed by atoms with E-state index in [0.29, 0.717) is 16.9 Å². The standard InChI is InChI=1S/C15H29NO/c1-5-17-13-11-12(15(13)7-6-8-15)16-10-9-14(2,3)4/h12-13,16H,5-11H2,1-4H3. The Morgan fingerprint density at radius 3 is 2.47 bits per heavy atom. The van der Waals surface area contributed by atoms with Crippen LogP contribution in [0.1, 0.15) is 59.8 Å². The maximum absolute atomic E-state index is 5.87. The molecular weight excluding hydrogens is 210 g/mol. The van der Waals surface area contributed by atoms with Gasteiger partial charge in [0.15, 0.2) is 0 Å². The van der Waals surface area contributed by atoms with Gasteiger partial charge in [0, 0.05) is 18.1 Å². The van der Waals surface area contributed by atoms with E-state index in [9.17, 15) is 0 Å². The minimum atomic E-state index is 0.447. The van der Waals surface area contributed by atoms with E-state index in [-0.39, 0.29) is 0 Å². The van der Waals surface area contributed by atoms with E-state index in [1.165, 1.54) is 32.1 Å². The van der Waals surface area contributed by atoms with Crippen molar-refractivity contribution in [3.63, 3.8) is 0 Å². The fourth-order valence-electron chi connectivity index (χ4n) is 3.35. The zero-order chi connectivity index (χ0) is 12.5. The molecule has 0 aromatic heterocycles. The van der Waals surface area contributed by atoms with Crippen molar-refractivity contribution in [3.8, 4) is 0 Å². The lowest BCUT2D eigenvalue weighted by Crippen LogP contribution is -2.67. The van der Waals surface area contributed by atoms with Crippen molar-refractivity contribution in [1.29, 1.82) is 0 Å². The van der Waals surface area contributed by atoms with Crippen LogP contribution in [0.5, 0.6) is 0 Å². The van der Waals surface area contributed by atoms with Crippen molar-refractivity contribution in [3.05, 3.63) is 0 Å². The fourth-order valence-corrected chi connectivity index (χ4v) is 3.35. The minimum absolute atomic E-state index is 0.447. The maximum Gasteiger partial charge on any atom is 0.0661 e. The molecule has 2 unspecified atom stereocenters. The SMILES string of the molecule is CCOC1CC(NCCC(C)(C)C)C12CCC2. The first kappa shape index (κ1) is 13.4. The van der Waals surface area contributed by atoms with Gasteiger partial charge in [0.25, 0.3) is 0 Å². The molecule has 0 heterocycles. The number of nitrogens with one attached hydrogen (secondary N) is 1.